The standard InChI is InChI=1S/C20H24O2/c1-12-10-14(21)11-13-4-5-15-16-6-7-18(22)19(16,2)9-8-17(15)20(12,13)3/h4-5,11,15-17H,1,6-10H2,2-3H3/t15-,16-,17-,19-,20-/m0/s1. The van der Waals surface area contributed by atoms with Crippen molar-refractivity contribution in [3.05, 3.63) is 36.0 Å². The van der Waals surface area contributed by atoms with E-state index in [2.05, 4.69) is 32.6 Å². The molecule has 0 amide bonds. The van der Waals surface area contributed by atoms with E-state index in [1.54, 1.807) is 0 Å². The van der Waals surface area contributed by atoms with E-state index in [1.807, 2.05) is 6.08 Å². The predicted molar refractivity (Wildman–Crippen MR) is 86.1 cm³/mol. The average molecular weight is 296 g/mol. The number of hydrogen-bond acceptors (Lipinski definition) is 2. The highest BCUT2D eigenvalue weighted by atomic mass is 16.1. The Bertz CT molecular complexity index is 653. The zero-order valence-corrected chi connectivity index (χ0v) is 13.5. The topological polar surface area (TPSA) is 34.1 Å². The van der Waals surface area contributed by atoms with Crippen LogP contribution in [0.5, 0.6) is 0 Å². The molecule has 0 radical (unpaired) electrons. The minimum absolute atomic E-state index is 0.0830. The van der Waals surface area contributed by atoms with E-state index in [9.17, 15) is 9.59 Å². The van der Waals surface area contributed by atoms with Gasteiger partial charge in [0.05, 0.1) is 0 Å². The molecule has 0 aromatic carbocycles. The van der Waals surface area contributed by atoms with E-state index in [4.69, 9.17) is 0 Å². The highest BCUT2D eigenvalue weighted by Gasteiger charge is 2.58. The molecule has 0 unspecified atom stereocenters. The summed E-state index contributed by atoms with van der Waals surface area (Å²) < 4.78 is 0. The smallest absolute Gasteiger partial charge is 0.160 e. The molecule has 0 spiro atoms. The van der Waals surface area contributed by atoms with Crippen molar-refractivity contribution < 1.29 is 9.59 Å². The van der Waals surface area contributed by atoms with Crippen LogP contribution in [-0.2, 0) is 9.59 Å². The van der Waals surface area contributed by atoms with Crippen LogP contribution in [0.15, 0.2) is 36.0 Å². The van der Waals surface area contributed by atoms with Crippen molar-refractivity contribution in [1.82, 2.24) is 0 Å². The van der Waals surface area contributed by atoms with Gasteiger partial charge in [0.1, 0.15) is 5.78 Å². The summed E-state index contributed by atoms with van der Waals surface area (Å²) in [6.45, 7) is 8.72. The van der Waals surface area contributed by atoms with Crippen molar-refractivity contribution in [3.63, 3.8) is 0 Å². The number of hydrogen-bond donors (Lipinski definition) is 0. The molecule has 22 heavy (non-hydrogen) atoms. The lowest BCUT2D eigenvalue weighted by Crippen LogP contribution is -2.49. The largest absolute Gasteiger partial charge is 0.299 e. The molecule has 0 aromatic heterocycles. The van der Waals surface area contributed by atoms with Crippen LogP contribution in [0.25, 0.3) is 0 Å². The summed E-state index contributed by atoms with van der Waals surface area (Å²) >= 11 is 0. The third kappa shape index (κ3) is 1.56. The van der Waals surface area contributed by atoms with E-state index in [1.165, 1.54) is 0 Å². The van der Waals surface area contributed by atoms with Gasteiger partial charge in [-0.15, -0.1) is 0 Å². The molecule has 4 aliphatic rings. The van der Waals surface area contributed by atoms with Gasteiger partial charge in [-0.1, -0.05) is 38.2 Å². The Labute approximate surface area is 132 Å². The Kier molecular flexibility index (Phi) is 2.77. The summed E-state index contributed by atoms with van der Waals surface area (Å²) in [5.41, 5.74) is 2.01. The highest BCUT2D eigenvalue weighted by Crippen LogP contribution is 2.63. The molecule has 2 saturated carbocycles. The SMILES string of the molecule is C=C1CC(=O)C=C2C=C[C@@H]3[C@H](CC[C@]4(C)C(=O)CC[C@@H]34)[C@@]12C. The Hall–Kier alpha value is -1.44. The summed E-state index contributed by atoms with van der Waals surface area (Å²) in [7, 11) is 0. The molecule has 0 bridgehead atoms. The lowest BCUT2D eigenvalue weighted by Gasteiger charge is -2.55. The van der Waals surface area contributed by atoms with Crippen molar-refractivity contribution in [2.24, 2.45) is 28.6 Å². The molecule has 0 aliphatic heterocycles. The summed E-state index contributed by atoms with van der Waals surface area (Å²) in [4.78, 5) is 24.3. The van der Waals surface area contributed by atoms with Crippen molar-refractivity contribution in [2.75, 3.05) is 0 Å². The zero-order chi connectivity index (χ0) is 15.7. The molecule has 0 heterocycles. The monoisotopic (exact) mass is 296 g/mol. The van der Waals surface area contributed by atoms with Gasteiger partial charge < -0.3 is 0 Å². The van der Waals surface area contributed by atoms with Gasteiger partial charge >= 0.3 is 0 Å². The van der Waals surface area contributed by atoms with Crippen LogP contribution in [0.3, 0.4) is 0 Å². The van der Waals surface area contributed by atoms with Crippen LogP contribution in [0, 0.1) is 28.6 Å². The van der Waals surface area contributed by atoms with E-state index < -0.39 is 0 Å². The maximum Gasteiger partial charge on any atom is 0.160 e. The van der Waals surface area contributed by atoms with E-state index >= 15 is 0 Å². The quantitative estimate of drug-likeness (QED) is 0.632. The molecule has 0 aromatic rings. The summed E-state index contributed by atoms with van der Waals surface area (Å²) in [5.74, 6) is 2.06. The number of ketones is 2. The number of rotatable bonds is 0. The van der Waals surface area contributed by atoms with Crippen molar-refractivity contribution in [1.29, 1.82) is 0 Å². The fourth-order valence-electron chi connectivity index (χ4n) is 5.79. The molecule has 0 N–H and O–H groups in total. The van der Waals surface area contributed by atoms with E-state index in [0.717, 1.165) is 36.8 Å². The number of carbonyl (C=O) groups is 2. The lowest BCUT2D eigenvalue weighted by molar-refractivity contribution is -0.130. The molecule has 2 heteroatoms. The minimum atomic E-state index is -0.116. The van der Waals surface area contributed by atoms with Crippen LogP contribution in [-0.4, -0.2) is 11.6 Å². The third-order valence-corrected chi connectivity index (χ3v) is 7.32. The predicted octanol–water partition coefficient (Wildman–Crippen LogP) is 4.03. The van der Waals surface area contributed by atoms with Crippen LogP contribution in [0.4, 0.5) is 0 Å². The maximum absolute atomic E-state index is 12.4. The number of fused-ring (bicyclic) bond motifs is 5. The van der Waals surface area contributed by atoms with Gasteiger partial charge in [-0.25, -0.2) is 0 Å². The van der Waals surface area contributed by atoms with E-state index in [-0.39, 0.29) is 16.6 Å². The highest BCUT2D eigenvalue weighted by molar-refractivity contribution is 5.95. The van der Waals surface area contributed by atoms with Crippen molar-refractivity contribution in [2.45, 2.75) is 46.0 Å². The van der Waals surface area contributed by atoms with Gasteiger partial charge in [-0.3, -0.25) is 9.59 Å². The molecule has 4 rings (SSSR count). The summed E-state index contributed by atoms with van der Waals surface area (Å²) in [6, 6.07) is 0. The first kappa shape index (κ1) is 14.2. The maximum atomic E-state index is 12.4. The first-order valence-electron chi connectivity index (χ1n) is 8.52. The Morgan fingerprint density at radius 2 is 1.95 bits per heavy atom. The molecule has 2 fully saturated rings. The van der Waals surface area contributed by atoms with Crippen LogP contribution in [0.1, 0.15) is 46.0 Å². The molecule has 4 aliphatic carbocycles. The number of allylic oxidation sites excluding steroid dienone is 5. The average Bonchev–Trinajstić information content (AvgIpc) is 2.77. The number of Topliss-reactive ketones (excluding diaryl/α,β-unsaturated/α-hetero) is 1. The molecule has 116 valence electrons. The first-order chi connectivity index (χ1) is 10.4. The van der Waals surface area contributed by atoms with E-state index in [0.29, 0.717) is 30.0 Å². The minimum Gasteiger partial charge on any atom is -0.299 e. The zero-order valence-electron chi connectivity index (χ0n) is 13.5. The van der Waals surface area contributed by atoms with Gasteiger partial charge in [0.15, 0.2) is 5.78 Å². The Morgan fingerprint density at radius 3 is 2.73 bits per heavy atom. The van der Waals surface area contributed by atoms with Gasteiger partial charge in [-0.05, 0) is 48.7 Å². The molecule has 0 saturated heterocycles. The normalized spacial score (nSPS) is 46.9. The van der Waals surface area contributed by atoms with Crippen LogP contribution >= 0.6 is 0 Å². The van der Waals surface area contributed by atoms with Crippen LogP contribution < -0.4 is 0 Å². The molecule has 5 atom stereocenters. The second kappa shape index (κ2) is 4.31. The number of carbonyl (C=O) groups excluding carboxylic acids is 2. The second-order valence-corrected chi connectivity index (χ2v) is 8.12. The molecule has 2 nitrogen and oxygen atoms in total. The van der Waals surface area contributed by atoms with Gasteiger partial charge in [-0.2, -0.15) is 0 Å². The van der Waals surface area contributed by atoms with Crippen molar-refractivity contribution in [3.8, 4) is 0 Å². The van der Waals surface area contributed by atoms with Gasteiger partial charge in [0.2, 0.25) is 0 Å². The summed E-state index contributed by atoms with van der Waals surface area (Å²) in [6.07, 6.45) is 10.6. The third-order valence-electron chi connectivity index (χ3n) is 7.32. The Morgan fingerprint density at radius 1 is 1.18 bits per heavy atom. The van der Waals surface area contributed by atoms with Gasteiger partial charge in [0.25, 0.3) is 0 Å². The molecular weight excluding hydrogens is 272 g/mol. The van der Waals surface area contributed by atoms with Crippen LogP contribution in [0.2, 0.25) is 0 Å². The first-order valence-corrected chi connectivity index (χ1v) is 8.52. The fourth-order valence-corrected chi connectivity index (χ4v) is 5.79. The summed E-state index contributed by atoms with van der Waals surface area (Å²) in [5, 5.41) is 0. The van der Waals surface area contributed by atoms with Crippen molar-refractivity contribution >= 4 is 11.6 Å². The molecular formula is C20H24O2. The fraction of sp³-hybridized carbons (Fsp3) is 0.600. The van der Waals surface area contributed by atoms with Gasteiger partial charge in [0, 0.05) is 23.7 Å². The lowest BCUT2D eigenvalue weighted by atomic mass is 9.48. The Balaban J connectivity index is 1.81. The second-order valence-electron chi connectivity index (χ2n) is 8.12.